The van der Waals surface area contributed by atoms with Crippen LogP contribution in [0.2, 0.25) is 0 Å². The van der Waals surface area contributed by atoms with Crippen LogP contribution < -0.4 is 5.32 Å². The first-order chi connectivity index (χ1) is 16.2. The molecule has 0 aliphatic heterocycles. The van der Waals surface area contributed by atoms with Crippen molar-refractivity contribution in [3.8, 4) is 17.1 Å². The van der Waals surface area contributed by atoms with Crippen LogP contribution in [-0.2, 0) is 10.2 Å². The smallest absolute Gasteiger partial charge is 0.234 e. The summed E-state index contributed by atoms with van der Waals surface area (Å²) in [5.41, 5.74) is 6.18. The lowest BCUT2D eigenvalue weighted by Crippen LogP contribution is -2.20. The molecule has 4 aromatic rings. The number of aryl methyl sites for hydroxylation is 2. The maximum absolute atomic E-state index is 12.9. The molecule has 0 saturated heterocycles. The highest BCUT2D eigenvalue weighted by Gasteiger charge is 2.20. The molecule has 0 radical (unpaired) electrons. The summed E-state index contributed by atoms with van der Waals surface area (Å²) in [6.07, 6.45) is 0. The lowest BCUT2D eigenvalue weighted by Gasteiger charge is -2.23. The van der Waals surface area contributed by atoms with Crippen LogP contribution in [0, 0.1) is 13.8 Å². The number of rotatable bonds is 6. The summed E-state index contributed by atoms with van der Waals surface area (Å²) in [5, 5.41) is 12.7. The van der Waals surface area contributed by atoms with Gasteiger partial charge in [0, 0.05) is 16.9 Å². The molecule has 0 bridgehead atoms. The first-order valence-corrected chi connectivity index (χ1v) is 12.3. The number of nitrogens with one attached hydrogen (secondary N) is 1. The molecule has 3 aromatic carbocycles. The molecule has 1 heterocycles. The Bertz CT molecular complexity index is 1300. The number of benzene rings is 3. The van der Waals surface area contributed by atoms with Crippen LogP contribution in [0.4, 0.5) is 5.69 Å². The van der Waals surface area contributed by atoms with Gasteiger partial charge in [0.2, 0.25) is 5.91 Å². The Kier molecular flexibility index (Phi) is 6.89. The molecule has 174 valence electrons. The predicted molar refractivity (Wildman–Crippen MR) is 141 cm³/mol. The van der Waals surface area contributed by atoms with Crippen LogP contribution in [0.5, 0.6) is 0 Å². The van der Waals surface area contributed by atoms with Gasteiger partial charge in [-0.05, 0) is 49.1 Å². The van der Waals surface area contributed by atoms with E-state index in [1.807, 2.05) is 34.9 Å². The van der Waals surface area contributed by atoms with Crippen molar-refractivity contribution in [3.63, 3.8) is 0 Å². The molecule has 0 unspecified atom stereocenters. The van der Waals surface area contributed by atoms with Gasteiger partial charge in [-0.3, -0.25) is 9.36 Å². The first kappa shape index (κ1) is 23.8. The third-order valence-corrected chi connectivity index (χ3v) is 6.47. The van der Waals surface area contributed by atoms with Crippen molar-refractivity contribution < 1.29 is 4.79 Å². The molecule has 0 spiro atoms. The minimum absolute atomic E-state index is 0.0641. The molecule has 1 N–H and O–H groups in total. The normalized spacial score (nSPS) is 11.4. The van der Waals surface area contributed by atoms with Crippen LogP contribution in [0.25, 0.3) is 17.1 Å². The van der Waals surface area contributed by atoms with Crippen LogP contribution >= 0.6 is 11.8 Å². The lowest BCUT2D eigenvalue weighted by atomic mass is 9.86. The van der Waals surface area contributed by atoms with Crippen molar-refractivity contribution >= 4 is 23.4 Å². The van der Waals surface area contributed by atoms with Gasteiger partial charge in [0.05, 0.1) is 5.75 Å². The van der Waals surface area contributed by atoms with E-state index in [4.69, 9.17) is 0 Å². The number of amides is 1. The number of hydrogen-bond acceptors (Lipinski definition) is 4. The summed E-state index contributed by atoms with van der Waals surface area (Å²) in [4.78, 5) is 12.9. The number of aromatic nitrogens is 3. The van der Waals surface area contributed by atoms with E-state index in [0.29, 0.717) is 5.16 Å². The van der Waals surface area contributed by atoms with Crippen LogP contribution in [0.15, 0.2) is 78.0 Å². The number of nitrogens with zero attached hydrogens (tertiary/aromatic N) is 3. The molecule has 4 rings (SSSR count). The van der Waals surface area contributed by atoms with E-state index in [9.17, 15) is 4.79 Å². The van der Waals surface area contributed by atoms with Crippen molar-refractivity contribution in [2.45, 2.75) is 45.2 Å². The summed E-state index contributed by atoms with van der Waals surface area (Å²) in [5.74, 6) is 0.918. The zero-order valence-electron chi connectivity index (χ0n) is 20.3. The maximum atomic E-state index is 12.9. The Morgan fingerprint density at radius 1 is 0.912 bits per heavy atom. The zero-order chi connectivity index (χ0) is 24.3. The molecule has 34 heavy (non-hydrogen) atoms. The molecule has 0 fully saturated rings. The highest BCUT2D eigenvalue weighted by atomic mass is 32.2. The van der Waals surface area contributed by atoms with Crippen LogP contribution in [0.1, 0.15) is 37.5 Å². The summed E-state index contributed by atoms with van der Waals surface area (Å²) < 4.78 is 2.02. The predicted octanol–water partition coefficient (Wildman–Crippen LogP) is 6.58. The van der Waals surface area contributed by atoms with Gasteiger partial charge >= 0.3 is 0 Å². The van der Waals surface area contributed by atoms with E-state index in [-0.39, 0.29) is 17.1 Å². The fraction of sp³-hybridized carbons (Fsp3) is 0.250. The summed E-state index contributed by atoms with van der Waals surface area (Å²) >= 11 is 1.38. The Morgan fingerprint density at radius 3 is 2.35 bits per heavy atom. The topological polar surface area (TPSA) is 59.8 Å². The van der Waals surface area contributed by atoms with E-state index >= 15 is 0 Å². The molecule has 0 atom stereocenters. The monoisotopic (exact) mass is 470 g/mol. The minimum Gasteiger partial charge on any atom is -0.325 e. The summed E-state index contributed by atoms with van der Waals surface area (Å²) in [6, 6.07) is 24.4. The molecule has 1 amide bonds. The largest absolute Gasteiger partial charge is 0.325 e. The van der Waals surface area contributed by atoms with E-state index in [2.05, 4.69) is 92.6 Å². The molecule has 6 heteroatoms. The van der Waals surface area contributed by atoms with Crippen molar-refractivity contribution in [1.82, 2.24) is 14.8 Å². The molecule has 5 nitrogen and oxygen atoms in total. The van der Waals surface area contributed by atoms with Gasteiger partial charge in [0.25, 0.3) is 0 Å². The van der Waals surface area contributed by atoms with E-state index in [0.717, 1.165) is 33.9 Å². The van der Waals surface area contributed by atoms with Gasteiger partial charge in [0.1, 0.15) is 0 Å². The van der Waals surface area contributed by atoms with Gasteiger partial charge in [0.15, 0.2) is 11.0 Å². The second kappa shape index (κ2) is 9.85. The summed E-state index contributed by atoms with van der Waals surface area (Å²) in [7, 11) is 0. The average molecular weight is 471 g/mol. The molecule has 0 aliphatic carbocycles. The zero-order valence-corrected chi connectivity index (χ0v) is 21.1. The number of carbonyl (C=O) groups is 1. The second-order valence-corrected chi connectivity index (χ2v) is 10.4. The minimum atomic E-state index is -0.0720. The van der Waals surface area contributed by atoms with Gasteiger partial charge in [-0.1, -0.05) is 92.2 Å². The van der Waals surface area contributed by atoms with Crippen LogP contribution in [-0.4, -0.2) is 26.4 Å². The lowest BCUT2D eigenvalue weighted by molar-refractivity contribution is -0.113. The Balaban J connectivity index is 1.60. The number of carbonyl (C=O) groups excluding carboxylic acids is 1. The van der Waals surface area contributed by atoms with Crippen molar-refractivity contribution in [2.75, 3.05) is 11.1 Å². The fourth-order valence-electron chi connectivity index (χ4n) is 3.82. The van der Waals surface area contributed by atoms with Gasteiger partial charge in [-0.25, -0.2) is 0 Å². The molecular formula is C28H30N4OS. The molecule has 0 saturated carbocycles. The number of thioether (sulfide) groups is 1. The van der Waals surface area contributed by atoms with Crippen LogP contribution in [0.3, 0.4) is 0 Å². The SMILES string of the molecule is Cc1ccc(-n2c(SCC(=O)Nc3ccccc3C(C)(C)C)nnc2-c2cccc(C)c2)cc1. The number of anilines is 1. The van der Waals surface area contributed by atoms with Crippen molar-refractivity contribution in [3.05, 3.63) is 89.5 Å². The number of hydrogen-bond donors (Lipinski definition) is 1. The molecular weight excluding hydrogens is 440 g/mol. The fourth-order valence-corrected chi connectivity index (χ4v) is 4.58. The molecule has 0 aliphatic rings. The quantitative estimate of drug-likeness (QED) is 0.323. The average Bonchev–Trinajstić information content (AvgIpc) is 3.22. The highest BCUT2D eigenvalue weighted by molar-refractivity contribution is 7.99. The Hall–Kier alpha value is -3.38. The first-order valence-electron chi connectivity index (χ1n) is 11.3. The van der Waals surface area contributed by atoms with Crippen molar-refractivity contribution in [2.24, 2.45) is 0 Å². The Morgan fingerprint density at radius 2 is 1.65 bits per heavy atom. The Labute approximate surface area is 205 Å². The highest BCUT2D eigenvalue weighted by Crippen LogP contribution is 2.31. The van der Waals surface area contributed by atoms with Gasteiger partial charge < -0.3 is 5.32 Å². The standard InChI is InChI=1S/C28H30N4OS/c1-19-13-15-22(16-14-19)32-26(21-10-8-9-20(2)17-21)30-31-27(32)34-18-25(33)29-24-12-7-6-11-23(24)28(3,4)5/h6-17H,18H2,1-5H3,(H,29,33). The maximum Gasteiger partial charge on any atom is 0.234 e. The second-order valence-electron chi connectivity index (χ2n) is 9.48. The van der Waals surface area contributed by atoms with E-state index < -0.39 is 0 Å². The van der Waals surface area contributed by atoms with E-state index in [1.54, 1.807) is 0 Å². The third-order valence-electron chi connectivity index (χ3n) is 5.54. The third kappa shape index (κ3) is 5.39. The number of para-hydroxylation sites is 1. The van der Waals surface area contributed by atoms with Gasteiger partial charge in [-0.2, -0.15) is 0 Å². The summed E-state index contributed by atoms with van der Waals surface area (Å²) in [6.45, 7) is 10.6. The molecule has 1 aromatic heterocycles. The van der Waals surface area contributed by atoms with E-state index in [1.165, 1.54) is 17.3 Å². The van der Waals surface area contributed by atoms with Gasteiger partial charge in [-0.15, -0.1) is 10.2 Å². The van der Waals surface area contributed by atoms with Crippen molar-refractivity contribution in [1.29, 1.82) is 0 Å².